The largest absolute Gasteiger partial charge is 0.481 e. The van der Waals surface area contributed by atoms with Crippen molar-refractivity contribution in [3.63, 3.8) is 0 Å². The molecule has 0 unspecified atom stereocenters. The van der Waals surface area contributed by atoms with Gasteiger partial charge in [0, 0.05) is 31.9 Å². The van der Waals surface area contributed by atoms with Gasteiger partial charge in [0.1, 0.15) is 13.2 Å². The van der Waals surface area contributed by atoms with E-state index < -0.39 is 12.1 Å². The Morgan fingerprint density at radius 1 is 0.675 bits per heavy atom. The molecule has 0 bridgehead atoms. The normalized spacial score (nSPS) is 12.0. The van der Waals surface area contributed by atoms with E-state index in [-0.39, 0.29) is 37.9 Å². The van der Waals surface area contributed by atoms with E-state index in [2.05, 4.69) is 29.6 Å². The first kappa shape index (κ1) is 31.1. The molecule has 40 heavy (non-hydrogen) atoms. The fourth-order valence-electron chi connectivity index (χ4n) is 4.39. The van der Waals surface area contributed by atoms with Crippen LogP contribution in [0.3, 0.4) is 0 Å². The van der Waals surface area contributed by atoms with E-state index in [1.807, 2.05) is 24.3 Å². The Bertz CT molecular complexity index is 1030. The van der Waals surface area contributed by atoms with Gasteiger partial charge in [-0.15, -0.1) is 0 Å². The number of carboxylic acid groups (broad SMARTS) is 1. The van der Waals surface area contributed by atoms with Gasteiger partial charge < -0.3 is 34.1 Å². The number of carboxylic acids is 1. The zero-order valence-electron chi connectivity index (χ0n) is 22.8. The van der Waals surface area contributed by atoms with Crippen molar-refractivity contribution in [1.29, 1.82) is 0 Å². The summed E-state index contributed by atoms with van der Waals surface area (Å²) in [6.45, 7) is 3.31. The molecular weight excluding hydrogens is 518 g/mol. The number of hydrogen-bond acceptors (Lipinski definition) is 8. The number of fused-ring (bicyclic) bond motifs is 3. The number of esters is 1. The first-order chi connectivity index (χ1) is 19.6. The Morgan fingerprint density at radius 2 is 1.23 bits per heavy atom. The van der Waals surface area contributed by atoms with Gasteiger partial charge in [-0.25, -0.2) is 4.79 Å². The highest BCUT2D eigenvalue weighted by Gasteiger charge is 2.28. The van der Waals surface area contributed by atoms with E-state index in [4.69, 9.17) is 28.8 Å². The first-order valence-electron chi connectivity index (χ1n) is 13.8. The van der Waals surface area contributed by atoms with Crippen LogP contribution < -0.4 is 5.32 Å². The van der Waals surface area contributed by atoms with Gasteiger partial charge in [0.25, 0.3) is 0 Å². The van der Waals surface area contributed by atoms with Gasteiger partial charge in [-0.2, -0.15) is 0 Å². The molecule has 0 aromatic heterocycles. The Kier molecular flexibility index (Phi) is 14.0. The predicted molar refractivity (Wildman–Crippen MR) is 147 cm³/mol. The number of nitrogens with one attached hydrogen (secondary N) is 1. The molecule has 0 saturated heterocycles. The number of carbonyl (C=O) groups is 3. The van der Waals surface area contributed by atoms with E-state index in [1.54, 1.807) is 0 Å². The molecule has 10 heteroatoms. The van der Waals surface area contributed by atoms with Crippen molar-refractivity contribution in [2.75, 3.05) is 59.4 Å². The number of rotatable bonds is 20. The van der Waals surface area contributed by atoms with Crippen molar-refractivity contribution in [3.8, 4) is 11.1 Å². The number of carbonyl (C=O) groups excluding carboxylic acids is 2. The van der Waals surface area contributed by atoms with Gasteiger partial charge in [0.15, 0.2) is 0 Å². The Labute approximate surface area is 234 Å². The van der Waals surface area contributed by atoms with Crippen LogP contribution in [0, 0.1) is 0 Å². The highest BCUT2D eigenvalue weighted by Crippen LogP contribution is 2.44. The molecule has 218 valence electrons. The third-order valence-electron chi connectivity index (χ3n) is 6.33. The molecule has 0 spiro atoms. The molecule has 0 heterocycles. The summed E-state index contributed by atoms with van der Waals surface area (Å²) in [5.74, 6) is -1.18. The van der Waals surface area contributed by atoms with Crippen LogP contribution in [0.2, 0.25) is 0 Å². The highest BCUT2D eigenvalue weighted by atomic mass is 16.6. The number of benzene rings is 2. The average Bonchev–Trinajstić information content (AvgIpc) is 3.28. The van der Waals surface area contributed by atoms with Crippen LogP contribution in [0.4, 0.5) is 4.79 Å². The van der Waals surface area contributed by atoms with Gasteiger partial charge in [-0.1, -0.05) is 48.5 Å². The van der Waals surface area contributed by atoms with Gasteiger partial charge in [0.2, 0.25) is 0 Å². The second-order valence-corrected chi connectivity index (χ2v) is 9.26. The first-order valence-corrected chi connectivity index (χ1v) is 13.8. The summed E-state index contributed by atoms with van der Waals surface area (Å²) in [5, 5.41) is 11.3. The Hall–Kier alpha value is -3.47. The van der Waals surface area contributed by atoms with Crippen molar-refractivity contribution in [3.05, 3.63) is 59.7 Å². The molecule has 0 saturated carbocycles. The number of amides is 1. The van der Waals surface area contributed by atoms with E-state index in [0.717, 1.165) is 0 Å². The summed E-state index contributed by atoms with van der Waals surface area (Å²) in [4.78, 5) is 34.1. The molecule has 0 radical (unpaired) electrons. The summed E-state index contributed by atoms with van der Waals surface area (Å²) >= 11 is 0. The minimum Gasteiger partial charge on any atom is -0.481 e. The van der Waals surface area contributed by atoms with Crippen LogP contribution in [0.15, 0.2) is 48.5 Å². The highest BCUT2D eigenvalue weighted by molar-refractivity contribution is 5.79. The third kappa shape index (κ3) is 11.0. The number of unbranched alkanes of at least 4 members (excludes halogenated alkanes) is 1. The quantitative estimate of drug-likeness (QED) is 0.182. The van der Waals surface area contributed by atoms with Crippen molar-refractivity contribution in [1.82, 2.24) is 5.32 Å². The lowest BCUT2D eigenvalue weighted by Crippen LogP contribution is -2.27. The van der Waals surface area contributed by atoms with Gasteiger partial charge in [0.05, 0.1) is 33.0 Å². The lowest BCUT2D eigenvalue weighted by molar-refractivity contribution is -0.146. The second kappa shape index (κ2) is 18.0. The molecule has 1 aliphatic rings. The zero-order chi connectivity index (χ0) is 28.4. The molecule has 2 aromatic carbocycles. The maximum atomic E-state index is 12.2. The SMILES string of the molecule is O=C(O)CCCCC(=O)OCCOCCOCCOCCCNC(=O)OCC1c2ccccc2-c2ccccc21. The van der Waals surface area contributed by atoms with Gasteiger partial charge >= 0.3 is 18.0 Å². The van der Waals surface area contributed by atoms with Crippen LogP contribution in [0.25, 0.3) is 11.1 Å². The van der Waals surface area contributed by atoms with E-state index in [9.17, 15) is 14.4 Å². The van der Waals surface area contributed by atoms with Crippen LogP contribution in [-0.2, 0) is 33.3 Å². The Balaban J connectivity index is 1.10. The summed E-state index contributed by atoms with van der Waals surface area (Å²) in [5.41, 5.74) is 4.76. The molecule has 0 atom stereocenters. The third-order valence-corrected chi connectivity index (χ3v) is 6.33. The summed E-state index contributed by atoms with van der Waals surface area (Å²) in [7, 11) is 0. The van der Waals surface area contributed by atoms with Crippen molar-refractivity contribution in [2.45, 2.75) is 38.0 Å². The number of alkyl carbamates (subject to hydrolysis) is 1. The zero-order valence-corrected chi connectivity index (χ0v) is 22.8. The smallest absolute Gasteiger partial charge is 0.407 e. The van der Waals surface area contributed by atoms with E-state index in [1.165, 1.54) is 22.3 Å². The summed E-state index contributed by atoms with van der Waals surface area (Å²) in [6, 6.07) is 16.5. The van der Waals surface area contributed by atoms with E-state index in [0.29, 0.717) is 65.4 Å². The molecule has 3 rings (SSSR count). The molecule has 2 N–H and O–H groups in total. The molecule has 10 nitrogen and oxygen atoms in total. The lowest BCUT2D eigenvalue weighted by Gasteiger charge is -2.14. The molecule has 2 aromatic rings. The molecule has 1 aliphatic carbocycles. The van der Waals surface area contributed by atoms with Crippen molar-refractivity contribution < 1.29 is 43.2 Å². The second-order valence-electron chi connectivity index (χ2n) is 9.26. The summed E-state index contributed by atoms with van der Waals surface area (Å²) < 4.78 is 26.8. The van der Waals surface area contributed by atoms with Crippen LogP contribution in [0.5, 0.6) is 0 Å². The predicted octanol–water partition coefficient (Wildman–Crippen LogP) is 4.15. The van der Waals surface area contributed by atoms with Crippen LogP contribution >= 0.6 is 0 Å². The van der Waals surface area contributed by atoms with Gasteiger partial charge in [-0.05, 0) is 41.5 Å². The molecular formula is C30H39NO9. The lowest BCUT2D eigenvalue weighted by atomic mass is 9.98. The Morgan fingerprint density at radius 3 is 1.85 bits per heavy atom. The minimum absolute atomic E-state index is 0.0394. The number of aliphatic carboxylic acids is 1. The van der Waals surface area contributed by atoms with Crippen molar-refractivity contribution in [2.24, 2.45) is 0 Å². The fourth-order valence-corrected chi connectivity index (χ4v) is 4.39. The monoisotopic (exact) mass is 557 g/mol. The molecule has 0 aliphatic heterocycles. The summed E-state index contributed by atoms with van der Waals surface area (Å²) in [6.07, 6.45) is 1.45. The fraction of sp³-hybridized carbons (Fsp3) is 0.500. The number of ether oxygens (including phenoxy) is 5. The van der Waals surface area contributed by atoms with Gasteiger partial charge in [-0.3, -0.25) is 9.59 Å². The van der Waals surface area contributed by atoms with E-state index >= 15 is 0 Å². The number of hydrogen-bond donors (Lipinski definition) is 2. The van der Waals surface area contributed by atoms with Crippen molar-refractivity contribution >= 4 is 18.0 Å². The maximum absolute atomic E-state index is 12.2. The topological polar surface area (TPSA) is 130 Å². The van der Waals surface area contributed by atoms with Crippen LogP contribution in [0.1, 0.15) is 49.1 Å². The maximum Gasteiger partial charge on any atom is 0.407 e. The average molecular weight is 558 g/mol. The standard InChI is InChI=1S/C30H39NO9/c32-28(33)12-5-6-13-29(34)39-21-20-38-19-18-37-17-16-36-15-7-14-31-30(35)40-22-27-25-10-3-1-8-23(25)24-9-2-4-11-26(24)27/h1-4,8-11,27H,5-7,12-22H2,(H,31,35)(H,32,33). The molecule has 1 amide bonds. The molecule has 0 fully saturated rings. The minimum atomic E-state index is -0.865. The van der Waals surface area contributed by atoms with Crippen LogP contribution in [-0.4, -0.2) is 82.5 Å².